The number of carbonyl (C=O) groups is 1. The number of hydrogen-bond acceptors (Lipinski definition) is 3. The topological polar surface area (TPSA) is 26.8 Å². The Hall–Kier alpha value is -2.33. The molecule has 0 spiro atoms. The van der Waals surface area contributed by atoms with Gasteiger partial charge in [-0.1, -0.05) is 37.3 Å². The van der Waals surface area contributed by atoms with Gasteiger partial charge in [0.2, 0.25) is 0 Å². The highest BCUT2D eigenvalue weighted by Gasteiger charge is 2.21. The Morgan fingerprint density at radius 3 is 2.41 bits per heavy atom. The number of benzene rings is 2. The van der Waals surface area contributed by atoms with Crippen LogP contribution in [0.15, 0.2) is 48.5 Å². The van der Waals surface area contributed by atoms with Gasteiger partial charge >= 0.3 is 0 Å². The number of amides is 1. The zero-order valence-corrected chi connectivity index (χ0v) is 16.2. The van der Waals surface area contributed by atoms with Crippen molar-refractivity contribution in [3.05, 3.63) is 65.2 Å². The highest BCUT2D eigenvalue weighted by atomic mass is 16.2. The van der Waals surface area contributed by atoms with E-state index in [1.54, 1.807) is 0 Å². The van der Waals surface area contributed by atoms with Gasteiger partial charge in [-0.3, -0.25) is 4.79 Å². The van der Waals surface area contributed by atoms with Crippen LogP contribution in [-0.4, -0.2) is 55.0 Å². The van der Waals surface area contributed by atoms with Crippen LogP contribution in [-0.2, 0) is 13.0 Å². The van der Waals surface area contributed by atoms with E-state index in [1.807, 2.05) is 17.0 Å². The predicted octanol–water partition coefficient (Wildman–Crippen LogP) is 3.42. The van der Waals surface area contributed by atoms with Crippen molar-refractivity contribution in [2.45, 2.75) is 26.3 Å². The van der Waals surface area contributed by atoms with Gasteiger partial charge in [-0.2, -0.15) is 0 Å². The summed E-state index contributed by atoms with van der Waals surface area (Å²) in [6.45, 7) is 8.87. The maximum Gasteiger partial charge on any atom is 0.253 e. The number of nitrogens with zero attached hydrogens (tertiary/aromatic N) is 3. The fourth-order valence-corrected chi connectivity index (χ4v) is 4.20. The van der Waals surface area contributed by atoms with Gasteiger partial charge < -0.3 is 14.7 Å². The molecule has 142 valence electrons. The lowest BCUT2D eigenvalue weighted by Crippen LogP contribution is -2.48. The second-order valence-corrected chi connectivity index (χ2v) is 7.58. The Bertz CT molecular complexity index is 778. The zero-order valence-electron chi connectivity index (χ0n) is 16.2. The van der Waals surface area contributed by atoms with Crippen LogP contribution in [0.4, 0.5) is 5.69 Å². The van der Waals surface area contributed by atoms with Gasteiger partial charge in [0.15, 0.2) is 0 Å². The Kier molecular flexibility index (Phi) is 5.44. The second kappa shape index (κ2) is 8.13. The third-order valence-electron chi connectivity index (χ3n) is 5.89. The summed E-state index contributed by atoms with van der Waals surface area (Å²) in [6.07, 6.45) is 2.38. The molecule has 0 unspecified atom stereocenters. The van der Waals surface area contributed by atoms with E-state index in [0.717, 1.165) is 51.4 Å². The third kappa shape index (κ3) is 4.01. The fourth-order valence-electron chi connectivity index (χ4n) is 4.20. The summed E-state index contributed by atoms with van der Waals surface area (Å²) in [6, 6.07) is 16.9. The SMILES string of the molecule is CCN1CCN(C(=O)c2ccc(CN3CCCc4ccccc43)cc2)CC1. The van der Waals surface area contributed by atoms with Crippen LogP contribution < -0.4 is 4.90 Å². The maximum absolute atomic E-state index is 12.8. The van der Waals surface area contributed by atoms with Crippen molar-refractivity contribution in [1.82, 2.24) is 9.80 Å². The standard InChI is InChI=1S/C23H29N3O/c1-2-24-14-16-25(17-15-24)23(27)21-11-9-19(10-12-21)18-26-13-5-7-20-6-3-4-8-22(20)26/h3-4,6,8-12H,2,5,7,13-18H2,1H3. The summed E-state index contributed by atoms with van der Waals surface area (Å²) in [5.74, 6) is 0.167. The molecule has 2 heterocycles. The third-order valence-corrected chi connectivity index (χ3v) is 5.89. The summed E-state index contributed by atoms with van der Waals surface area (Å²) in [5, 5.41) is 0. The van der Waals surface area contributed by atoms with E-state index in [1.165, 1.54) is 29.7 Å². The van der Waals surface area contributed by atoms with Gasteiger partial charge in [-0.05, 0) is 48.7 Å². The molecule has 2 aromatic carbocycles. The molecule has 1 saturated heterocycles. The van der Waals surface area contributed by atoms with Crippen molar-refractivity contribution in [1.29, 1.82) is 0 Å². The molecule has 0 saturated carbocycles. The van der Waals surface area contributed by atoms with Crippen LogP contribution in [0.1, 0.15) is 34.8 Å². The summed E-state index contributed by atoms with van der Waals surface area (Å²) in [4.78, 5) is 19.6. The first-order valence-corrected chi connectivity index (χ1v) is 10.2. The van der Waals surface area contributed by atoms with Crippen LogP contribution in [0.5, 0.6) is 0 Å². The Labute approximate surface area is 162 Å². The van der Waals surface area contributed by atoms with Gasteiger partial charge in [0, 0.05) is 50.5 Å². The number of hydrogen-bond donors (Lipinski definition) is 0. The Morgan fingerprint density at radius 2 is 1.67 bits per heavy atom. The van der Waals surface area contributed by atoms with E-state index in [4.69, 9.17) is 0 Å². The first-order chi connectivity index (χ1) is 13.2. The largest absolute Gasteiger partial charge is 0.367 e. The van der Waals surface area contributed by atoms with Crippen LogP contribution in [0, 0.1) is 0 Å². The number of para-hydroxylation sites is 1. The highest BCUT2D eigenvalue weighted by Crippen LogP contribution is 2.28. The molecule has 4 heteroatoms. The minimum atomic E-state index is 0.167. The molecule has 0 bridgehead atoms. The van der Waals surface area contributed by atoms with Crippen molar-refractivity contribution in [2.24, 2.45) is 0 Å². The zero-order chi connectivity index (χ0) is 18.6. The van der Waals surface area contributed by atoms with Gasteiger partial charge in [0.25, 0.3) is 5.91 Å². The summed E-state index contributed by atoms with van der Waals surface area (Å²) < 4.78 is 0. The molecule has 0 atom stereocenters. The number of fused-ring (bicyclic) bond motifs is 1. The number of carbonyl (C=O) groups excluding carboxylic acids is 1. The highest BCUT2D eigenvalue weighted by molar-refractivity contribution is 5.94. The molecule has 1 amide bonds. The second-order valence-electron chi connectivity index (χ2n) is 7.58. The van der Waals surface area contributed by atoms with Crippen LogP contribution in [0.25, 0.3) is 0 Å². The number of anilines is 1. The Morgan fingerprint density at radius 1 is 0.926 bits per heavy atom. The van der Waals surface area contributed by atoms with Crippen LogP contribution >= 0.6 is 0 Å². The number of rotatable bonds is 4. The molecule has 4 rings (SSSR count). The van der Waals surface area contributed by atoms with Crippen molar-refractivity contribution in [3.63, 3.8) is 0 Å². The number of likely N-dealkylation sites (N-methyl/N-ethyl adjacent to an activating group) is 1. The molecule has 0 radical (unpaired) electrons. The number of aryl methyl sites for hydroxylation is 1. The average molecular weight is 364 g/mol. The molecule has 1 fully saturated rings. The number of piperazine rings is 1. The van der Waals surface area contributed by atoms with Crippen LogP contribution in [0.3, 0.4) is 0 Å². The molecule has 2 aromatic rings. The van der Waals surface area contributed by atoms with E-state index in [9.17, 15) is 4.79 Å². The Balaban J connectivity index is 1.40. The molecule has 4 nitrogen and oxygen atoms in total. The van der Waals surface area contributed by atoms with Gasteiger partial charge in [-0.15, -0.1) is 0 Å². The van der Waals surface area contributed by atoms with E-state index >= 15 is 0 Å². The quantitative estimate of drug-likeness (QED) is 0.833. The normalized spacial score (nSPS) is 17.7. The smallest absolute Gasteiger partial charge is 0.253 e. The maximum atomic E-state index is 12.8. The molecular weight excluding hydrogens is 334 g/mol. The molecule has 0 N–H and O–H groups in total. The van der Waals surface area contributed by atoms with E-state index in [0.29, 0.717) is 0 Å². The lowest BCUT2D eigenvalue weighted by atomic mass is 10.0. The summed E-state index contributed by atoms with van der Waals surface area (Å²) in [5.41, 5.74) is 4.88. The van der Waals surface area contributed by atoms with Gasteiger partial charge in [0.05, 0.1) is 0 Å². The van der Waals surface area contributed by atoms with Crippen molar-refractivity contribution in [3.8, 4) is 0 Å². The van der Waals surface area contributed by atoms with Gasteiger partial charge in [0.1, 0.15) is 0 Å². The van der Waals surface area contributed by atoms with E-state index in [-0.39, 0.29) is 5.91 Å². The van der Waals surface area contributed by atoms with Crippen LogP contribution in [0.2, 0.25) is 0 Å². The lowest BCUT2D eigenvalue weighted by Gasteiger charge is -2.34. The van der Waals surface area contributed by atoms with Crippen molar-refractivity contribution < 1.29 is 4.79 Å². The summed E-state index contributed by atoms with van der Waals surface area (Å²) in [7, 11) is 0. The van der Waals surface area contributed by atoms with Crippen molar-refractivity contribution in [2.75, 3.05) is 44.2 Å². The van der Waals surface area contributed by atoms with Crippen molar-refractivity contribution >= 4 is 11.6 Å². The minimum absolute atomic E-state index is 0.167. The first-order valence-electron chi connectivity index (χ1n) is 10.2. The monoisotopic (exact) mass is 363 g/mol. The van der Waals surface area contributed by atoms with E-state index < -0.39 is 0 Å². The minimum Gasteiger partial charge on any atom is -0.367 e. The van der Waals surface area contributed by atoms with E-state index in [2.05, 4.69) is 53.1 Å². The molecule has 2 aliphatic rings. The predicted molar refractivity (Wildman–Crippen MR) is 110 cm³/mol. The molecule has 0 aromatic heterocycles. The molecule has 0 aliphatic carbocycles. The molecule has 2 aliphatic heterocycles. The fraction of sp³-hybridized carbons (Fsp3) is 0.435. The summed E-state index contributed by atoms with van der Waals surface area (Å²) >= 11 is 0. The molecular formula is C23H29N3O. The first kappa shape index (κ1) is 18.1. The average Bonchev–Trinajstić information content (AvgIpc) is 2.74. The van der Waals surface area contributed by atoms with Gasteiger partial charge in [-0.25, -0.2) is 0 Å². The lowest BCUT2D eigenvalue weighted by molar-refractivity contribution is 0.0643. The molecule has 27 heavy (non-hydrogen) atoms.